The highest BCUT2D eigenvalue weighted by molar-refractivity contribution is 5.88. The summed E-state index contributed by atoms with van der Waals surface area (Å²) in [6.07, 6.45) is 2.82. The van der Waals surface area contributed by atoms with Gasteiger partial charge in [0.05, 0.1) is 31.5 Å². The first-order valence-electron chi connectivity index (χ1n) is 10.4. The summed E-state index contributed by atoms with van der Waals surface area (Å²) in [5, 5.41) is 7.09. The Hall–Kier alpha value is -2.93. The zero-order valence-electron chi connectivity index (χ0n) is 18.4. The van der Waals surface area contributed by atoms with Gasteiger partial charge < -0.3 is 15.0 Å². The van der Waals surface area contributed by atoms with Gasteiger partial charge in [0.2, 0.25) is 5.91 Å². The fourth-order valence-electron chi connectivity index (χ4n) is 3.69. The minimum absolute atomic E-state index is 0.0285. The number of aromatic nitrogens is 3. The lowest BCUT2D eigenvalue weighted by atomic mass is 10.1. The van der Waals surface area contributed by atoms with Gasteiger partial charge in [0.1, 0.15) is 5.82 Å². The summed E-state index contributed by atoms with van der Waals surface area (Å²) in [6.45, 7) is 11.5. The van der Waals surface area contributed by atoms with Crippen LogP contribution < -0.4 is 10.2 Å². The number of nitrogens with zero attached hydrogens (tertiary/aromatic N) is 4. The number of carbonyl (C=O) groups is 1. The van der Waals surface area contributed by atoms with Gasteiger partial charge in [0.25, 0.3) is 0 Å². The van der Waals surface area contributed by atoms with E-state index in [-0.39, 0.29) is 5.91 Å². The van der Waals surface area contributed by atoms with Crippen molar-refractivity contribution in [2.24, 2.45) is 0 Å². The molecule has 0 saturated carbocycles. The SMILES string of the molecule is CCc1ccc(NC(C)=O)cc1.Cc1cc(N2C(C)COCC2C)n2nccc2n1. The van der Waals surface area contributed by atoms with Crippen molar-refractivity contribution in [1.82, 2.24) is 14.6 Å². The molecule has 3 heterocycles. The van der Waals surface area contributed by atoms with Crippen LogP contribution in [0.15, 0.2) is 42.6 Å². The van der Waals surface area contributed by atoms with E-state index in [0.717, 1.165) is 42.5 Å². The van der Waals surface area contributed by atoms with Gasteiger partial charge in [-0.3, -0.25) is 4.79 Å². The lowest BCUT2D eigenvalue weighted by molar-refractivity contribution is -0.114. The third-order valence-electron chi connectivity index (χ3n) is 5.08. The van der Waals surface area contributed by atoms with Crippen LogP contribution in [-0.4, -0.2) is 45.8 Å². The summed E-state index contributed by atoms with van der Waals surface area (Å²) in [5.74, 6) is 1.07. The zero-order chi connectivity index (χ0) is 21.7. The Morgan fingerprint density at radius 1 is 1.17 bits per heavy atom. The molecule has 2 unspecified atom stereocenters. The molecule has 1 saturated heterocycles. The molecule has 1 aromatic carbocycles. The zero-order valence-corrected chi connectivity index (χ0v) is 18.4. The van der Waals surface area contributed by atoms with Gasteiger partial charge in [-0.25, -0.2) is 4.98 Å². The van der Waals surface area contributed by atoms with Crippen LogP contribution in [0.5, 0.6) is 0 Å². The first-order chi connectivity index (χ1) is 14.4. The predicted molar refractivity (Wildman–Crippen MR) is 120 cm³/mol. The van der Waals surface area contributed by atoms with E-state index >= 15 is 0 Å². The molecule has 7 nitrogen and oxygen atoms in total. The molecule has 0 bridgehead atoms. The average molecular weight is 410 g/mol. The van der Waals surface area contributed by atoms with E-state index in [4.69, 9.17) is 4.74 Å². The van der Waals surface area contributed by atoms with Crippen molar-refractivity contribution in [3.63, 3.8) is 0 Å². The Balaban J connectivity index is 0.000000187. The van der Waals surface area contributed by atoms with Gasteiger partial charge in [0.15, 0.2) is 5.65 Å². The molecule has 1 aliphatic heterocycles. The summed E-state index contributed by atoms with van der Waals surface area (Å²) in [4.78, 5) is 17.5. The van der Waals surface area contributed by atoms with Crippen LogP contribution in [0.4, 0.5) is 11.5 Å². The van der Waals surface area contributed by atoms with Crippen LogP contribution in [0.25, 0.3) is 5.65 Å². The molecule has 7 heteroatoms. The van der Waals surface area contributed by atoms with E-state index in [9.17, 15) is 4.79 Å². The molecule has 2 atom stereocenters. The van der Waals surface area contributed by atoms with Crippen LogP contribution in [0.2, 0.25) is 0 Å². The molecule has 0 radical (unpaired) electrons. The van der Waals surface area contributed by atoms with Crippen LogP contribution in [0.3, 0.4) is 0 Å². The summed E-state index contributed by atoms with van der Waals surface area (Å²) >= 11 is 0. The maximum atomic E-state index is 10.7. The number of morpholine rings is 1. The molecule has 0 aliphatic carbocycles. The normalized spacial score (nSPS) is 18.6. The number of hydrogen-bond acceptors (Lipinski definition) is 5. The highest BCUT2D eigenvalue weighted by Gasteiger charge is 2.27. The minimum Gasteiger partial charge on any atom is -0.377 e. The molecule has 1 fully saturated rings. The molecule has 4 rings (SSSR count). The number of amides is 1. The summed E-state index contributed by atoms with van der Waals surface area (Å²) in [5.41, 5.74) is 4.06. The van der Waals surface area contributed by atoms with Gasteiger partial charge in [-0.05, 0) is 44.9 Å². The van der Waals surface area contributed by atoms with E-state index in [1.165, 1.54) is 12.5 Å². The van der Waals surface area contributed by atoms with Crippen molar-refractivity contribution in [3.8, 4) is 0 Å². The Labute approximate surface area is 178 Å². The van der Waals surface area contributed by atoms with Crippen LogP contribution in [-0.2, 0) is 16.0 Å². The molecule has 1 amide bonds. The first-order valence-corrected chi connectivity index (χ1v) is 10.4. The Morgan fingerprint density at radius 3 is 2.43 bits per heavy atom. The van der Waals surface area contributed by atoms with Crippen molar-refractivity contribution in [1.29, 1.82) is 0 Å². The quantitative estimate of drug-likeness (QED) is 0.711. The average Bonchev–Trinajstić information content (AvgIpc) is 3.17. The molecular formula is C23H31N5O2. The topological polar surface area (TPSA) is 71.8 Å². The minimum atomic E-state index is -0.0285. The van der Waals surface area contributed by atoms with E-state index in [1.807, 2.05) is 41.8 Å². The van der Waals surface area contributed by atoms with Crippen molar-refractivity contribution in [2.45, 2.75) is 53.1 Å². The van der Waals surface area contributed by atoms with Crippen molar-refractivity contribution < 1.29 is 9.53 Å². The van der Waals surface area contributed by atoms with Gasteiger partial charge >= 0.3 is 0 Å². The third kappa shape index (κ3) is 5.16. The fourth-order valence-corrected chi connectivity index (χ4v) is 3.69. The van der Waals surface area contributed by atoms with Crippen LogP contribution in [0, 0.1) is 6.92 Å². The van der Waals surface area contributed by atoms with Crippen LogP contribution >= 0.6 is 0 Å². The lowest BCUT2D eigenvalue weighted by Crippen LogP contribution is -2.50. The molecule has 0 spiro atoms. The summed E-state index contributed by atoms with van der Waals surface area (Å²) in [6, 6.07) is 12.6. The maximum absolute atomic E-state index is 10.7. The second-order valence-corrected chi connectivity index (χ2v) is 7.73. The number of ether oxygens (including phenoxy) is 1. The monoisotopic (exact) mass is 409 g/mol. The number of fused-ring (bicyclic) bond motifs is 1. The smallest absolute Gasteiger partial charge is 0.221 e. The number of benzene rings is 1. The van der Waals surface area contributed by atoms with Gasteiger partial charge in [-0.15, -0.1) is 0 Å². The number of anilines is 2. The molecular weight excluding hydrogens is 378 g/mol. The molecule has 1 aliphatic rings. The Bertz CT molecular complexity index is 973. The van der Waals surface area contributed by atoms with Gasteiger partial charge in [-0.2, -0.15) is 9.61 Å². The van der Waals surface area contributed by atoms with E-state index in [2.05, 4.69) is 47.1 Å². The molecule has 30 heavy (non-hydrogen) atoms. The maximum Gasteiger partial charge on any atom is 0.221 e. The Morgan fingerprint density at radius 2 is 1.83 bits per heavy atom. The summed E-state index contributed by atoms with van der Waals surface area (Å²) < 4.78 is 7.49. The summed E-state index contributed by atoms with van der Waals surface area (Å²) in [7, 11) is 0. The number of rotatable bonds is 3. The van der Waals surface area contributed by atoms with Crippen molar-refractivity contribution >= 4 is 23.1 Å². The van der Waals surface area contributed by atoms with E-state index < -0.39 is 0 Å². The largest absolute Gasteiger partial charge is 0.377 e. The number of hydrogen-bond donors (Lipinski definition) is 1. The second-order valence-electron chi connectivity index (χ2n) is 7.73. The Kier molecular flexibility index (Phi) is 7.05. The fraction of sp³-hybridized carbons (Fsp3) is 0.435. The molecule has 2 aromatic heterocycles. The third-order valence-corrected chi connectivity index (χ3v) is 5.08. The van der Waals surface area contributed by atoms with E-state index in [1.54, 1.807) is 6.20 Å². The van der Waals surface area contributed by atoms with E-state index in [0.29, 0.717) is 12.1 Å². The highest BCUT2D eigenvalue weighted by Crippen LogP contribution is 2.24. The van der Waals surface area contributed by atoms with Gasteiger partial charge in [-0.1, -0.05) is 19.1 Å². The second kappa shape index (κ2) is 9.71. The first kappa shape index (κ1) is 21.8. The predicted octanol–water partition coefficient (Wildman–Crippen LogP) is 3.86. The van der Waals surface area contributed by atoms with Crippen LogP contribution in [0.1, 0.15) is 39.0 Å². The standard InChI is InChI=1S/C13H18N4O.C10H13NO/c1-9-6-13(17-12(15-9)4-5-14-17)16-10(2)7-18-8-11(16)3;1-3-9-4-6-10(7-5-9)11-8(2)12/h4-6,10-11H,7-8H2,1-3H3;4-7H,3H2,1-2H3,(H,11,12). The van der Waals surface area contributed by atoms with Crippen molar-refractivity contribution in [2.75, 3.05) is 23.4 Å². The number of carbonyl (C=O) groups excluding carboxylic acids is 1. The van der Waals surface area contributed by atoms with Gasteiger partial charge in [0, 0.05) is 30.4 Å². The highest BCUT2D eigenvalue weighted by atomic mass is 16.5. The van der Waals surface area contributed by atoms with Crippen molar-refractivity contribution in [3.05, 3.63) is 53.9 Å². The lowest BCUT2D eigenvalue weighted by Gasteiger charge is -2.40. The molecule has 3 aromatic rings. The molecule has 1 N–H and O–H groups in total. The number of nitrogens with one attached hydrogen (secondary N) is 1. The molecule has 160 valence electrons. The number of aryl methyl sites for hydroxylation is 2.